The summed E-state index contributed by atoms with van der Waals surface area (Å²) in [5, 5.41) is 2.94. The zero-order valence-electron chi connectivity index (χ0n) is 14.5. The molecule has 2 aliphatic rings. The molecule has 5 heteroatoms. The van der Waals surface area contributed by atoms with Gasteiger partial charge in [0.15, 0.2) is 5.79 Å². The molecule has 24 heavy (non-hydrogen) atoms. The molecule has 5 nitrogen and oxygen atoms in total. The fraction of sp³-hybridized carbons (Fsp3) is 0.632. The number of hydrogen-bond acceptors (Lipinski definition) is 4. The summed E-state index contributed by atoms with van der Waals surface area (Å²) < 4.78 is 17.6. The van der Waals surface area contributed by atoms with Crippen LogP contribution in [0, 0.1) is 0 Å². The zero-order chi connectivity index (χ0) is 17.0. The molecule has 1 aliphatic carbocycles. The van der Waals surface area contributed by atoms with E-state index in [1.165, 1.54) is 6.42 Å². The van der Waals surface area contributed by atoms with Crippen LogP contribution in [0.2, 0.25) is 0 Å². The summed E-state index contributed by atoms with van der Waals surface area (Å²) in [5.74, 6) is 0.288. The largest absolute Gasteiger partial charge is 0.491 e. The van der Waals surface area contributed by atoms with Crippen LogP contribution in [0.25, 0.3) is 0 Å². The van der Waals surface area contributed by atoms with E-state index in [2.05, 4.69) is 5.32 Å². The molecule has 1 unspecified atom stereocenters. The van der Waals surface area contributed by atoms with E-state index in [1.807, 2.05) is 26.0 Å². The minimum absolute atomic E-state index is 0.0596. The maximum atomic E-state index is 12.3. The maximum Gasteiger partial charge on any atom is 0.251 e. The monoisotopic (exact) mass is 333 g/mol. The van der Waals surface area contributed by atoms with Crippen molar-refractivity contribution < 1.29 is 19.0 Å². The lowest BCUT2D eigenvalue weighted by Gasteiger charge is -2.31. The van der Waals surface area contributed by atoms with Crippen molar-refractivity contribution in [2.24, 2.45) is 0 Å². The molecule has 1 amide bonds. The Balaban J connectivity index is 1.47. The quantitative estimate of drug-likeness (QED) is 0.898. The fourth-order valence-electron chi connectivity index (χ4n) is 3.34. The third-order valence-electron chi connectivity index (χ3n) is 4.51. The van der Waals surface area contributed by atoms with Crippen molar-refractivity contribution in [2.75, 3.05) is 13.2 Å². The second-order valence-electron chi connectivity index (χ2n) is 6.92. The van der Waals surface area contributed by atoms with Crippen LogP contribution in [0.5, 0.6) is 5.75 Å². The SMILES string of the molecule is CC(C)Oc1ccc(C(=O)NCC2COC3(CCCCC3)O2)cc1. The Morgan fingerprint density at radius 1 is 1.25 bits per heavy atom. The predicted molar refractivity (Wildman–Crippen MR) is 91.2 cm³/mol. The van der Waals surface area contributed by atoms with Gasteiger partial charge in [-0.3, -0.25) is 4.79 Å². The fourth-order valence-corrected chi connectivity index (χ4v) is 3.34. The normalized spacial score (nSPS) is 22.7. The average molecular weight is 333 g/mol. The Hall–Kier alpha value is -1.59. The van der Waals surface area contributed by atoms with E-state index >= 15 is 0 Å². The van der Waals surface area contributed by atoms with Gasteiger partial charge in [-0.2, -0.15) is 0 Å². The van der Waals surface area contributed by atoms with Crippen LogP contribution in [0.15, 0.2) is 24.3 Å². The lowest BCUT2D eigenvalue weighted by atomic mass is 9.94. The lowest BCUT2D eigenvalue weighted by Crippen LogP contribution is -2.37. The predicted octanol–water partition coefficient (Wildman–Crippen LogP) is 3.28. The molecule has 1 aromatic rings. The van der Waals surface area contributed by atoms with Gasteiger partial charge in [0.1, 0.15) is 11.9 Å². The summed E-state index contributed by atoms with van der Waals surface area (Å²) in [6.07, 6.45) is 5.57. The van der Waals surface area contributed by atoms with Crippen molar-refractivity contribution in [2.45, 2.75) is 63.9 Å². The molecule has 1 aromatic carbocycles. The standard InChI is InChI=1S/C19H27NO4/c1-14(2)23-16-8-6-15(7-9-16)18(21)20-12-17-13-22-19(24-17)10-4-3-5-11-19/h6-9,14,17H,3-5,10-13H2,1-2H3,(H,20,21). The van der Waals surface area contributed by atoms with Gasteiger partial charge in [-0.15, -0.1) is 0 Å². The van der Waals surface area contributed by atoms with E-state index in [9.17, 15) is 4.79 Å². The van der Waals surface area contributed by atoms with Gasteiger partial charge in [0.25, 0.3) is 5.91 Å². The van der Waals surface area contributed by atoms with Crippen LogP contribution in [0.1, 0.15) is 56.3 Å². The molecular formula is C19H27NO4. The molecule has 0 aromatic heterocycles. The van der Waals surface area contributed by atoms with E-state index in [1.54, 1.807) is 12.1 Å². The Morgan fingerprint density at radius 3 is 2.62 bits per heavy atom. The smallest absolute Gasteiger partial charge is 0.251 e. The molecule has 132 valence electrons. The number of carbonyl (C=O) groups excluding carboxylic acids is 1. The summed E-state index contributed by atoms with van der Waals surface area (Å²) in [7, 11) is 0. The number of carbonyl (C=O) groups is 1. The van der Waals surface area contributed by atoms with Gasteiger partial charge in [0.05, 0.1) is 12.7 Å². The first-order valence-corrected chi connectivity index (χ1v) is 8.93. The molecule has 1 N–H and O–H groups in total. The van der Waals surface area contributed by atoms with Crippen molar-refractivity contribution in [3.63, 3.8) is 0 Å². The highest BCUT2D eigenvalue weighted by Gasteiger charge is 2.42. The minimum atomic E-state index is -0.385. The topological polar surface area (TPSA) is 56.8 Å². The average Bonchev–Trinajstić information content (AvgIpc) is 2.96. The van der Waals surface area contributed by atoms with Crippen LogP contribution in [0.4, 0.5) is 0 Å². The molecular weight excluding hydrogens is 306 g/mol. The Labute approximate surface area is 143 Å². The second-order valence-corrected chi connectivity index (χ2v) is 6.92. The third-order valence-corrected chi connectivity index (χ3v) is 4.51. The summed E-state index contributed by atoms with van der Waals surface area (Å²) in [6, 6.07) is 7.20. The van der Waals surface area contributed by atoms with E-state index in [4.69, 9.17) is 14.2 Å². The van der Waals surface area contributed by atoms with E-state index in [-0.39, 0.29) is 23.9 Å². The van der Waals surface area contributed by atoms with Crippen LogP contribution in [-0.4, -0.2) is 37.1 Å². The molecule has 1 aliphatic heterocycles. The third kappa shape index (κ3) is 4.28. The van der Waals surface area contributed by atoms with Crippen molar-refractivity contribution in [1.82, 2.24) is 5.32 Å². The Kier molecular flexibility index (Phi) is 5.41. The van der Waals surface area contributed by atoms with Gasteiger partial charge in [0, 0.05) is 24.9 Å². The molecule has 1 saturated heterocycles. The highest BCUT2D eigenvalue weighted by atomic mass is 16.7. The Morgan fingerprint density at radius 2 is 1.96 bits per heavy atom. The first-order valence-electron chi connectivity index (χ1n) is 8.93. The maximum absolute atomic E-state index is 12.3. The van der Waals surface area contributed by atoms with Crippen LogP contribution < -0.4 is 10.1 Å². The molecule has 1 spiro atoms. The second kappa shape index (κ2) is 7.53. The minimum Gasteiger partial charge on any atom is -0.491 e. The van der Waals surface area contributed by atoms with Gasteiger partial charge in [-0.25, -0.2) is 0 Å². The van der Waals surface area contributed by atoms with Gasteiger partial charge in [0.2, 0.25) is 0 Å². The molecule has 3 rings (SSSR count). The van der Waals surface area contributed by atoms with Crippen LogP contribution >= 0.6 is 0 Å². The number of rotatable bonds is 5. The van der Waals surface area contributed by atoms with E-state index in [0.717, 1.165) is 31.4 Å². The van der Waals surface area contributed by atoms with Crippen molar-refractivity contribution in [3.05, 3.63) is 29.8 Å². The molecule has 0 bridgehead atoms. The molecule has 1 atom stereocenters. The highest BCUT2D eigenvalue weighted by molar-refractivity contribution is 5.94. The van der Waals surface area contributed by atoms with Crippen molar-refractivity contribution in [1.29, 1.82) is 0 Å². The number of hydrogen-bond donors (Lipinski definition) is 1. The first kappa shape index (κ1) is 17.2. The first-order chi connectivity index (χ1) is 11.6. The van der Waals surface area contributed by atoms with Gasteiger partial charge >= 0.3 is 0 Å². The number of amides is 1. The number of benzene rings is 1. The lowest BCUT2D eigenvalue weighted by molar-refractivity contribution is -0.186. The van der Waals surface area contributed by atoms with Crippen LogP contribution in [0.3, 0.4) is 0 Å². The van der Waals surface area contributed by atoms with E-state index < -0.39 is 0 Å². The summed E-state index contributed by atoms with van der Waals surface area (Å²) >= 11 is 0. The molecule has 0 radical (unpaired) electrons. The summed E-state index contributed by atoms with van der Waals surface area (Å²) in [4.78, 5) is 12.3. The molecule has 2 fully saturated rings. The van der Waals surface area contributed by atoms with Crippen LogP contribution in [-0.2, 0) is 9.47 Å². The van der Waals surface area contributed by atoms with E-state index in [0.29, 0.717) is 18.7 Å². The van der Waals surface area contributed by atoms with Gasteiger partial charge < -0.3 is 19.5 Å². The molecule has 1 heterocycles. The summed E-state index contributed by atoms with van der Waals surface area (Å²) in [6.45, 7) is 4.99. The molecule has 1 saturated carbocycles. The van der Waals surface area contributed by atoms with Crippen molar-refractivity contribution >= 4 is 5.91 Å². The summed E-state index contributed by atoms with van der Waals surface area (Å²) in [5.41, 5.74) is 0.623. The van der Waals surface area contributed by atoms with Gasteiger partial charge in [-0.1, -0.05) is 6.42 Å². The highest BCUT2D eigenvalue weighted by Crippen LogP contribution is 2.37. The Bertz CT molecular complexity index is 549. The van der Waals surface area contributed by atoms with Gasteiger partial charge in [-0.05, 0) is 51.0 Å². The van der Waals surface area contributed by atoms with Crippen molar-refractivity contribution in [3.8, 4) is 5.75 Å². The number of nitrogens with one attached hydrogen (secondary N) is 1. The zero-order valence-corrected chi connectivity index (χ0v) is 14.5. The number of ether oxygens (including phenoxy) is 3.